The molecular weight excluding hydrogens is 389 g/mol. The number of likely N-dealkylation sites (tertiary alicyclic amines) is 1. The lowest BCUT2D eigenvalue weighted by Crippen LogP contribution is -2.39. The maximum atomic E-state index is 12.8. The van der Waals surface area contributed by atoms with Crippen molar-refractivity contribution in [1.82, 2.24) is 29.3 Å². The van der Waals surface area contributed by atoms with Crippen LogP contribution in [0.4, 0.5) is 13.2 Å². The van der Waals surface area contributed by atoms with Crippen LogP contribution in [-0.2, 0) is 0 Å². The minimum absolute atomic E-state index is 0.166. The number of fused-ring (bicyclic) bond motifs is 1. The summed E-state index contributed by atoms with van der Waals surface area (Å²) in [6, 6.07) is 3.32. The van der Waals surface area contributed by atoms with Crippen LogP contribution in [0.1, 0.15) is 35.3 Å². The highest BCUT2D eigenvalue weighted by molar-refractivity contribution is 5.95. The molecule has 0 atom stereocenters. The molecule has 0 aromatic carbocycles. The van der Waals surface area contributed by atoms with Gasteiger partial charge in [0.05, 0.1) is 17.5 Å². The van der Waals surface area contributed by atoms with Gasteiger partial charge in [-0.25, -0.2) is 9.20 Å². The molecule has 3 aromatic heterocycles. The highest BCUT2D eigenvalue weighted by Crippen LogP contribution is 2.31. The molecule has 3 aromatic rings. The molecule has 4 heterocycles. The first-order chi connectivity index (χ1) is 13.7. The Hall–Kier alpha value is -3.11. The highest BCUT2D eigenvalue weighted by atomic mass is 19.4. The fourth-order valence-corrected chi connectivity index (χ4v) is 3.70. The van der Waals surface area contributed by atoms with Crippen LogP contribution in [0.25, 0.3) is 11.5 Å². The van der Waals surface area contributed by atoms with Gasteiger partial charge in [-0.2, -0.15) is 18.3 Å². The zero-order chi connectivity index (χ0) is 20.8. The second kappa shape index (κ2) is 7.05. The van der Waals surface area contributed by atoms with Crippen molar-refractivity contribution in [1.29, 1.82) is 0 Å². The van der Waals surface area contributed by atoms with Crippen molar-refractivity contribution >= 4 is 11.4 Å². The molecule has 1 saturated heterocycles. The van der Waals surface area contributed by atoms with Crippen LogP contribution in [0.5, 0.6) is 0 Å². The van der Waals surface area contributed by atoms with E-state index in [0.29, 0.717) is 29.6 Å². The minimum atomic E-state index is -4.18. The molecule has 29 heavy (non-hydrogen) atoms. The summed E-state index contributed by atoms with van der Waals surface area (Å²) in [5.41, 5.74) is 0.864. The molecule has 0 aliphatic carbocycles. The van der Waals surface area contributed by atoms with E-state index in [9.17, 15) is 22.8 Å². The Balaban J connectivity index is 1.52. The van der Waals surface area contributed by atoms with Gasteiger partial charge in [0.2, 0.25) is 5.95 Å². The lowest BCUT2D eigenvalue weighted by Gasteiger charge is -2.32. The van der Waals surface area contributed by atoms with Gasteiger partial charge in [-0.3, -0.25) is 14.6 Å². The normalized spacial score (nSPS) is 15.9. The first-order valence-electron chi connectivity index (χ1n) is 9.21. The molecule has 4 rings (SSSR count). The molecule has 0 saturated carbocycles. The maximum absolute atomic E-state index is 12.8. The number of aromatic nitrogens is 5. The van der Waals surface area contributed by atoms with Gasteiger partial charge in [0, 0.05) is 25.7 Å². The average Bonchev–Trinajstić information content (AvgIpc) is 3.27. The van der Waals surface area contributed by atoms with Gasteiger partial charge in [0.15, 0.2) is 0 Å². The van der Waals surface area contributed by atoms with Crippen molar-refractivity contribution in [3.8, 4) is 5.95 Å². The van der Waals surface area contributed by atoms with E-state index in [1.165, 1.54) is 15.4 Å². The fourth-order valence-electron chi connectivity index (χ4n) is 3.70. The third-order valence-electron chi connectivity index (χ3n) is 5.25. The molecule has 11 heteroatoms. The predicted octanol–water partition coefficient (Wildman–Crippen LogP) is 2.32. The summed E-state index contributed by atoms with van der Waals surface area (Å²) in [6.45, 7) is 2.22. The quantitative estimate of drug-likeness (QED) is 0.721. The standard InChI is InChI=1S/C18H19F3N6O2/c1-11-13(16(29)25-7-4-12(5-8-25)9-18(19,20)21)10-22-27(11)17-23-15(28)14-3-2-6-26(14)24-17/h2-3,6,10,12H,4-5,7-9H2,1H3,(H,23,24,28). The van der Waals surface area contributed by atoms with Crippen molar-refractivity contribution in [2.24, 2.45) is 5.92 Å². The smallest absolute Gasteiger partial charge is 0.339 e. The Morgan fingerprint density at radius 3 is 2.72 bits per heavy atom. The number of alkyl halides is 3. The summed E-state index contributed by atoms with van der Waals surface area (Å²) < 4.78 is 40.5. The molecule has 1 amide bonds. The molecule has 1 N–H and O–H groups in total. The number of amides is 1. The summed E-state index contributed by atoms with van der Waals surface area (Å²) in [6.07, 6.45) is -1.34. The summed E-state index contributed by atoms with van der Waals surface area (Å²) in [4.78, 5) is 29.2. The highest BCUT2D eigenvalue weighted by Gasteiger charge is 2.34. The third-order valence-corrected chi connectivity index (χ3v) is 5.25. The zero-order valence-electron chi connectivity index (χ0n) is 15.6. The molecule has 1 fully saturated rings. The summed E-state index contributed by atoms with van der Waals surface area (Å²) in [7, 11) is 0. The molecular formula is C18H19F3N6O2. The summed E-state index contributed by atoms with van der Waals surface area (Å²) in [5.74, 6) is -0.576. The molecule has 154 valence electrons. The maximum Gasteiger partial charge on any atom is 0.389 e. The number of carbonyl (C=O) groups is 1. The number of halogens is 3. The van der Waals surface area contributed by atoms with E-state index < -0.39 is 18.5 Å². The second-order valence-corrected chi connectivity index (χ2v) is 7.23. The van der Waals surface area contributed by atoms with Gasteiger partial charge >= 0.3 is 6.18 Å². The van der Waals surface area contributed by atoms with E-state index in [-0.39, 0.29) is 30.5 Å². The number of hydrogen-bond donors (Lipinski definition) is 1. The number of nitrogens with one attached hydrogen (secondary N) is 1. The molecule has 0 unspecified atom stereocenters. The molecule has 1 aliphatic heterocycles. The molecule has 0 radical (unpaired) electrons. The number of piperidine rings is 1. The van der Waals surface area contributed by atoms with Crippen LogP contribution in [-0.4, -0.2) is 54.5 Å². The van der Waals surface area contributed by atoms with Crippen LogP contribution in [0.2, 0.25) is 0 Å². The van der Waals surface area contributed by atoms with Crippen LogP contribution < -0.4 is 5.56 Å². The Bertz CT molecular complexity index is 1100. The first kappa shape index (κ1) is 19.2. The van der Waals surface area contributed by atoms with Crippen molar-refractivity contribution in [2.45, 2.75) is 32.4 Å². The first-order valence-corrected chi connectivity index (χ1v) is 9.21. The number of rotatable bonds is 3. The monoisotopic (exact) mass is 408 g/mol. The number of nitrogens with zero attached hydrogens (tertiary/aromatic N) is 5. The molecule has 0 bridgehead atoms. The van der Waals surface area contributed by atoms with Crippen molar-refractivity contribution in [2.75, 3.05) is 13.1 Å². The number of hydrogen-bond acceptors (Lipinski definition) is 4. The van der Waals surface area contributed by atoms with Crippen molar-refractivity contribution in [3.63, 3.8) is 0 Å². The van der Waals surface area contributed by atoms with E-state index in [0.717, 1.165) is 0 Å². The third kappa shape index (κ3) is 3.76. The summed E-state index contributed by atoms with van der Waals surface area (Å²) in [5, 5.41) is 8.46. The van der Waals surface area contributed by atoms with Crippen molar-refractivity contribution < 1.29 is 18.0 Å². The largest absolute Gasteiger partial charge is 0.389 e. The van der Waals surface area contributed by atoms with Gasteiger partial charge in [0.25, 0.3) is 11.5 Å². The second-order valence-electron chi connectivity index (χ2n) is 7.23. The van der Waals surface area contributed by atoms with Crippen LogP contribution in [0.3, 0.4) is 0 Å². The van der Waals surface area contributed by atoms with Gasteiger partial charge < -0.3 is 4.90 Å². The van der Waals surface area contributed by atoms with E-state index >= 15 is 0 Å². The van der Waals surface area contributed by atoms with Crippen molar-refractivity contribution in [3.05, 3.63) is 46.1 Å². The van der Waals surface area contributed by atoms with E-state index in [2.05, 4.69) is 15.2 Å². The minimum Gasteiger partial charge on any atom is -0.339 e. The van der Waals surface area contributed by atoms with E-state index in [1.807, 2.05) is 0 Å². The topological polar surface area (TPSA) is 88.3 Å². The van der Waals surface area contributed by atoms with E-state index in [4.69, 9.17) is 0 Å². The summed E-state index contributed by atoms with van der Waals surface area (Å²) >= 11 is 0. The lowest BCUT2D eigenvalue weighted by molar-refractivity contribution is -0.147. The van der Waals surface area contributed by atoms with Gasteiger partial charge in [-0.05, 0) is 37.8 Å². The van der Waals surface area contributed by atoms with Crippen LogP contribution in [0, 0.1) is 12.8 Å². The fraction of sp³-hybridized carbons (Fsp3) is 0.444. The van der Waals surface area contributed by atoms with Gasteiger partial charge in [-0.15, -0.1) is 5.10 Å². The van der Waals surface area contributed by atoms with Crippen LogP contribution in [0.15, 0.2) is 29.3 Å². The lowest BCUT2D eigenvalue weighted by atomic mass is 9.93. The Labute approximate surface area is 162 Å². The number of aromatic amines is 1. The predicted molar refractivity (Wildman–Crippen MR) is 97.0 cm³/mol. The van der Waals surface area contributed by atoms with Gasteiger partial charge in [0.1, 0.15) is 5.52 Å². The number of carbonyl (C=O) groups excluding carboxylic acids is 1. The number of H-pyrrole nitrogens is 1. The zero-order valence-corrected chi connectivity index (χ0v) is 15.6. The van der Waals surface area contributed by atoms with Crippen LogP contribution >= 0.6 is 0 Å². The van der Waals surface area contributed by atoms with Gasteiger partial charge in [-0.1, -0.05) is 0 Å². The van der Waals surface area contributed by atoms with E-state index in [1.54, 1.807) is 30.2 Å². The Morgan fingerprint density at radius 1 is 1.31 bits per heavy atom. The molecule has 0 spiro atoms. The SMILES string of the molecule is Cc1c(C(=O)N2CCC(CC(F)(F)F)CC2)cnn1-c1nn2cccc2c(=O)[nH]1. The Morgan fingerprint density at radius 2 is 2.03 bits per heavy atom. The Kier molecular flexibility index (Phi) is 4.67. The average molecular weight is 408 g/mol. The molecule has 8 nitrogen and oxygen atoms in total. The molecule has 1 aliphatic rings.